The molecule has 0 aromatic heterocycles. The molecule has 0 saturated carbocycles. The number of hydrogen-bond donors (Lipinski definition) is 1. The molecule has 0 amide bonds. The highest BCUT2D eigenvalue weighted by molar-refractivity contribution is 6.73. The molecule has 1 aliphatic heterocycles. The molecule has 1 aliphatic rings. The van der Waals surface area contributed by atoms with E-state index in [-0.39, 0.29) is 0 Å². The second kappa shape index (κ2) is 4.01. The van der Waals surface area contributed by atoms with Crippen LogP contribution in [0.3, 0.4) is 0 Å². The topological polar surface area (TPSA) is 23.5 Å². The highest BCUT2D eigenvalue weighted by Gasteiger charge is 2.27. The van der Waals surface area contributed by atoms with Gasteiger partial charge in [0, 0.05) is 18.8 Å². The maximum atomic E-state index is 12.5. The van der Waals surface area contributed by atoms with E-state index in [2.05, 4.69) is 0 Å². The number of aliphatic hydroxyl groups is 1. The number of hydrogen-bond acceptors (Lipinski definition) is 2. The van der Waals surface area contributed by atoms with Gasteiger partial charge in [-0.3, -0.25) is 0 Å². The predicted molar refractivity (Wildman–Crippen MR) is 58.0 cm³/mol. The lowest BCUT2D eigenvalue weighted by Crippen LogP contribution is -2.34. The summed E-state index contributed by atoms with van der Waals surface area (Å²) in [6, 6.07) is 5.28. The van der Waals surface area contributed by atoms with Crippen LogP contribution in [0.15, 0.2) is 24.3 Å². The minimum Gasteiger partial charge on any atom is -0.445 e. The fourth-order valence-corrected chi connectivity index (χ4v) is 1.90. The molecule has 6 heteroatoms. The monoisotopic (exact) mass is 230 g/mol. The zero-order chi connectivity index (χ0) is 11.8. The van der Waals surface area contributed by atoms with E-state index in [1.165, 1.54) is 6.07 Å². The molecule has 2 nitrogen and oxygen atoms in total. The molecule has 0 aliphatic carbocycles. The van der Waals surface area contributed by atoms with Gasteiger partial charge in [-0.05, 0) is 12.5 Å². The van der Waals surface area contributed by atoms with E-state index in [4.69, 9.17) is 0 Å². The summed E-state index contributed by atoms with van der Waals surface area (Å²) >= 11 is 0. The normalized spacial score (nSPS) is 21.5. The third-order valence-electron chi connectivity index (χ3n) is 2.78. The van der Waals surface area contributed by atoms with E-state index in [1.54, 1.807) is 11.0 Å². The standard InChI is InChI=1S/C10H12BF3NO/c12-11(13,14)8-2-1-3-9(6-8)15-5-4-10(16)7-15/h1-3,6,10,16H,4-5,7H2/q-1. The number of benzene rings is 1. The van der Waals surface area contributed by atoms with Crippen molar-refractivity contribution in [3.05, 3.63) is 24.3 Å². The van der Waals surface area contributed by atoms with Crippen LogP contribution in [0.2, 0.25) is 0 Å². The first-order valence-corrected chi connectivity index (χ1v) is 5.20. The molecule has 1 saturated heterocycles. The van der Waals surface area contributed by atoms with Gasteiger partial charge >= 0.3 is 6.98 Å². The number of β-amino-alcohol motifs (C(OH)–C–C–N with tert-alkyl or cyclic N) is 1. The number of rotatable bonds is 2. The quantitative estimate of drug-likeness (QED) is 0.774. The van der Waals surface area contributed by atoms with Crippen LogP contribution < -0.4 is 10.4 Å². The van der Waals surface area contributed by atoms with Crippen LogP contribution in [-0.4, -0.2) is 31.3 Å². The molecule has 1 unspecified atom stereocenters. The van der Waals surface area contributed by atoms with Crippen molar-refractivity contribution in [2.75, 3.05) is 18.0 Å². The van der Waals surface area contributed by atoms with Gasteiger partial charge in [0.25, 0.3) is 0 Å². The van der Waals surface area contributed by atoms with E-state index in [0.29, 0.717) is 25.2 Å². The zero-order valence-corrected chi connectivity index (χ0v) is 8.61. The third-order valence-corrected chi connectivity index (χ3v) is 2.78. The molecular weight excluding hydrogens is 218 g/mol. The Hall–Kier alpha value is -1.17. The van der Waals surface area contributed by atoms with Crippen molar-refractivity contribution in [3.63, 3.8) is 0 Å². The molecule has 0 radical (unpaired) electrons. The highest BCUT2D eigenvalue weighted by Crippen LogP contribution is 2.20. The Bertz CT molecular complexity index is 383. The molecule has 1 N–H and O–H groups in total. The van der Waals surface area contributed by atoms with Crippen LogP contribution in [0.25, 0.3) is 0 Å². The van der Waals surface area contributed by atoms with Crippen molar-refractivity contribution in [2.24, 2.45) is 0 Å². The molecule has 1 fully saturated rings. The lowest BCUT2D eigenvalue weighted by atomic mass is 9.80. The zero-order valence-electron chi connectivity index (χ0n) is 8.61. The maximum absolute atomic E-state index is 12.5. The molecule has 0 bridgehead atoms. The molecular formula is C10H12BF3NO-. The molecule has 2 rings (SSSR count). The Morgan fingerprint density at radius 1 is 1.31 bits per heavy atom. The van der Waals surface area contributed by atoms with Crippen LogP contribution in [0.4, 0.5) is 18.6 Å². The average molecular weight is 230 g/mol. The first-order chi connectivity index (χ1) is 7.47. The summed E-state index contributed by atoms with van der Waals surface area (Å²) in [5.74, 6) is 0. The lowest BCUT2D eigenvalue weighted by molar-refractivity contribution is 0.198. The largest absolute Gasteiger partial charge is 0.509 e. The summed E-state index contributed by atoms with van der Waals surface area (Å²) in [5.41, 5.74) is -0.0489. The molecule has 0 spiro atoms. The third kappa shape index (κ3) is 2.32. The van der Waals surface area contributed by atoms with E-state index in [1.807, 2.05) is 0 Å². The fourth-order valence-electron chi connectivity index (χ4n) is 1.90. The second-order valence-electron chi connectivity index (χ2n) is 4.06. The summed E-state index contributed by atoms with van der Waals surface area (Å²) < 4.78 is 37.6. The van der Waals surface area contributed by atoms with Gasteiger partial charge in [0.15, 0.2) is 0 Å². The molecule has 16 heavy (non-hydrogen) atoms. The first-order valence-electron chi connectivity index (χ1n) is 5.20. The van der Waals surface area contributed by atoms with Gasteiger partial charge in [-0.2, -0.15) is 0 Å². The first kappa shape index (κ1) is 11.3. The molecule has 1 atom stereocenters. The average Bonchev–Trinajstić information content (AvgIpc) is 2.64. The molecule has 1 aromatic carbocycles. The summed E-state index contributed by atoms with van der Waals surface area (Å²) in [5, 5.41) is 9.33. The van der Waals surface area contributed by atoms with Crippen LogP contribution in [0.5, 0.6) is 0 Å². The number of anilines is 1. The van der Waals surface area contributed by atoms with E-state index < -0.39 is 18.5 Å². The summed E-state index contributed by atoms with van der Waals surface area (Å²) in [7, 11) is 0. The molecule has 1 heterocycles. The fraction of sp³-hybridized carbons (Fsp3) is 0.400. The van der Waals surface area contributed by atoms with Crippen molar-refractivity contribution < 1.29 is 18.1 Å². The van der Waals surface area contributed by atoms with Crippen molar-refractivity contribution in [1.29, 1.82) is 0 Å². The van der Waals surface area contributed by atoms with Crippen molar-refractivity contribution in [1.82, 2.24) is 0 Å². The summed E-state index contributed by atoms with van der Waals surface area (Å²) in [6.45, 7) is -3.93. The van der Waals surface area contributed by atoms with E-state index in [0.717, 1.165) is 12.1 Å². The van der Waals surface area contributed by atoms with Crippen molar-refractivity contribution >= 4 is 18.1 Å². The second-order valence-corrected chi connectivity index (χ2v) is 4.06. The summed E-state index contributed by atoms with van der Waals surface area (Å²) in [6.07, 6.45) is 0.182. The van der Waals surface area contributed by atoms with Gasteiger partial charge < -0.3 is 23.0 Å². The van der Waals surface area contributed by atoms with Crippen LogP contribution in [0, 0.1) is 0 Å². The van der Waals surface area contributed by atoms with Crippen LogP contribution in [-0.2, 0) is 0 Å². The van der Waals surface area contributed by atoms with Gasteiger partial charge in [-0.1, -0.05) is 18.2 Å². The maximum Gasteiger partial charge on any atom is 0.509 e. The van der Waals surface area contributed by atoms with Gasteiger partial charge in [0.1, 0.15) is 0 Å². The van der Waals surface area contributed by atoms with Crippen molar-refractivity contribution in [3.8, 4) is 0 Å². The minimum absolute atomic E-state index is 0.411. The SMILES string of the molecule is OC1CCN(c2cccc([B-](F)(F)F)c2)C1. The lowest BCUT2D eigenvalue weighted by Gasteiger charge is -2.21. The number of nitrogens with zero attached hydrogens (tertiary/aromatic N) is 1. The Labute approximate surface area is 91.7 Å². The molecule has 88 valence electrons. The van der Waals surface area contributed by atoms with Gasteiger partial charge in [0.05, 0.1) is 6.10 Å². The Morgan fingerprint density at radius 3 is 2.62 bits per heavy atom. The smallest absolute Gasteiger partial charge is 0.445 e. The van der Waals surface area contributed by atoms with E-state index >= 15 is 0 Å². The Morgan fingerprint density at radius 2 is 2.06 bits per heavy atom. The van der Waals surface area contributed by atoms with Crippen LogP contribution in [0.1, 0.15) is 6.42 Å². The Kier molecular flexibility index (Phi) is 2.84. The highest BCUT2D eigenvalue weighted by atomic mass is 19.4. The molecule has 1 aromatic rings. The van der Waals surface area contributed by atoms with Crippen molar-refractivity contribution in [2.45, 2.75) is 12.5 Å². The Balaban J connectivity index is 2.23. The van der Waals surface area contributed by atoms with Crippen LogP contribution >= 0.6 is 0 Å². The minimum atomic E-state index is -4.95. The van der Waals surface area contributed by atoms with Gasteiger partial charge in [-0.25, -0.2) is 0 Å². The van der Waals surface area contributed by atoms with E-state index in [9.17, 15) is 18.1 Å². The number of aliphatic hydroxyl groups excluding tert-OH is 1. The predicted octanol–water partition coefficient (Wildman–Crippen LogP) is 1.31. The van der Waals surface area contributed by atoms with Gasteiger partial charge in [0.2, 0.25) is 0 Å². The van der Waals surface area contributed by atoms with Gasteiger partial charge in [-0.15, -0.1) is 5.46 Å². The number of halogens is 3. The summed E-state index contributed by atoms with van der Waals surface area (Å²) in [4.78, 5) is 1.77.